The largest absolute Gasteiger partial charge is 0.114 e. The molecule has 0 bridgehead atoms. The Hall–Kier alpha value is 0.155. The van der Waals surface area contributed by atoms with Gasteiger partial charge in [-0.25, -0.2) is 0 Å². The molecule has 0 atom stereocenters. The van der Waals surface area contributed by atoms with Gasteiger partial charge in [0.1, 0.15) is 7.85 Å². The molecule has 0 heterocycles. The predicted molar refractivity (Wildman–Crippen MR) is 51.6 cm³/mol. The molecule has 1 aromatic carbocycles. The van der Waals surface area contributed by atoms with E-state index in [0.717, 1.165) is 5.56 Å². The minimum Gasteiger partial charge on any atom is -0.0908 e. The fourth-order valence-electron chi connectivity index (χ4n) is 0.704. The summed E-state index contributed by atoms with van der Waals surface area (Å²) in [4.78, 5) is 0. The molecule has 2 radical (unpaired) electrons. The van der Waals surface area contributed by atoms with Crippen LogP contribution in [-0.4, -0.2) is 7.85 Å². The van der Waals surface area contributed by atoms with Crippen molar-refractivity contribution in [3.8, 4) is 0 Å². The van der Waals surface area contributed by atoms with Crippen LogP contribution in [-0.2, 0) is 0 Å². The minimum atomic E-state index is 0.361. The van der Waals surface area contributed by atoms with Gasteiger partial charge in [0.05, 0.1) is 15.1 Å². The zero-order chi connectivity index (χ0) is 8.59. The summed E-state index contributed by atoms with van der Waals surface area (Å²) in [7, 11) is 5.56. The Morgan fingerprint density at radius 3 is 2.27 bits per heavy atom. The smallest absolute Gasteiger partial charge is 0.0908 e. The minimum absolute atomic E-state index is 0.361. The molecule has 0 saturated carbocycles. The molecule has 4 heteroatoms. The van der Waals surface area contributed by atoms with E-state index in [9.17, 15) is 0 Å². The number of benzene rings is 1. The van der Waals surface area contributed by atoms with Crippen LogP contribution in [0.3, 0.4) is 0 Å². The molecule has 0 N–H and O–H groups in total. The summed E-state index contributed by atoms with van der Waals surface area (Å²) < 4.78 is 0. The highest BCUT2D eigenvalue weighted by Gasteiger charge is 2.07. The van der Waals surface area contributed by atoms with Gasteiger partial charge in [-0.15, -0.1) is 0 Å². The van der Waals surface area contributed by atoms with E-state index in [4.69, 9.17) is 42.6 Å². The molecule has 0 amide bonds. The molecule has 1 rings (SSSR count). The molecule has 0 aliphatic carbocycles. The van der Waals surface area contributed by atoms with Gasteiger partial charge in [0.15, 0.2) is 0 Å². The molecule has 0 fully saturated rings. The molecule has 11 heavy (non-hydrogen) atoms. The van der Waals surface area contributed by atoms with E-state index in [1.165, 1.54) is 0 Å². The van der Waals surface area contributed by atoms with Crippen LogP contribution in [0.5, 0.6) is 0 Å². The fraction of sp³-hybridized carbons (Fsp3) is 0.143. The third-order valence-corrected chi connectivity index (χ3v) is 2.80. The Kier molecular flexibility index (Phi) is 2.74. The van der Waals surface area contributed by atoms with Gasteiger partial charge in [-0.3, -0.25) is 0 Å². The van der Waals surface area contributed by atoms with E-state index < -0.39 is 0 Å². The maximum absolute atomic E-state index is 5.79. The first-order valence-corrected chi connectivity index (χ1v) is 4.07. The molecular formula is C7H4BCl3. The third kappa shape index (κ3) is 1.66. The van der Waals surface area contributed by atoms with Gasteiger partial charge in [0.2, 0.25) is 0 Å². The first-order valence-electron chi connectivity index (χ1n) is 2.93. The SMILES string of the molecule is [B]c1cc(Cl)c(Cl)c(Cl)c1C. The molecule has 0 saturated heterocycles. The van der Waals surface area contributed by atoms with Crippen molar-refractivity contribution in [2.45, 2.75) is 6.92 Å². The Balaban J connectivity index is 3.46. The second kappa shape index (κ2) is 3.26. The maximum atomic E-state index is 5.79. The van der Waals surface area contributed by atoms with E-state index in [2.05, 4.69) is 0 Å². The fourth-order valence-corrected chi connectivity index (χ4v) is 1.37. The van der Waals surface area contributed by atoms with Gasteiger partial charge in [0, 0.05) is 0 Å². The predicted octanol–water partition coefficient (Wildman–Crippen LogP) is 2.75. The van der Waals surface area contributed by atoms with Crippen LogP contribution in [0.4, 0.5) is 0 Å². The quantitative estimate of drug-likeness (QED) is 0.451. The number of halogens is 3. The van der Waals surface area contributed by atoms with Crippen molar-refractivity contribution in [3.05, 3.63) is 26.7 Å². The van der Waals surface area contributed by atoms with Gasteiger partial charge in [-0.05, 0) is 18.6 Å². The van der Waals surface area contributed by atoms with Crippen molar-refractivity contribution in [3.63, 3.8) is 0 Å². The highest BCUT2D eigenvalue weighted by Crippen LogP contribution is 2.30. The Morgan fingerprint density at radius 2 is 1.73 bits per heavy atom. The zero-order valence-corrected chi connectivity index (χ0v) is 8.06. The highest BCUT2D eigenvalue weighted by molar-refractivity contribution is 6.50. The number of hydrogen-bond acceptors (Lipinski definition) is 0. The van der Waals surface area contributed by atoms with E-state index in [-0.39, 0.29) is 0 Å². The van der Waals surface area contributed by atoms with Crippen LogP contribution >= 0.6 is 34.8 Å². The summed E-state index contributed by atoms with van der Waals surface area (Å²) in [5.74, 6) is 0. The molecule has 0 nitrogen and oxygen atoms in total. The van der Waals surface area contributed by atoms with Crippen LogP contribution in [0.25, 0.3) is 0 Å². The zero-order valence-electron chi connectivity index (χ0n) is 5.79. The average molecular weight is 205 g/mol. The molecule has 0 aliphatic rings. The molecular weight excluding hydrogens is 201 g/mol. The summed E-state index contributed by atoms with van der Waals surface area (Å²) in [6, 6.07) is 1.59. The lowest BCUT2D eigenvalue weighted by Gasteiger charge is -2.06. The van der Waals surface area contributed by atoms with E-state index in [0.29, 0.717) is 20.5 Å². The van der Waals surface area contributed by atoms with Gasteiger partial charge in [0.25, 0.3) is 0 Å². The molecule has 0 unspecified atom stereocenters. The van der Waals surface area contributed by atoms with Crippen molar-refractivity contribution < 1.29 is 0 Å². The lowest BCUT2D eigenvalue weighted by Crippen LogP contribution is -2.07. The van der Waals surface area contributed by atoms with Crippen molar-refractivity contribution in [1.29, 1.82) is 0 Å². The molecule has 0 aliphatic heterocycles. The molecule has 1 aromatic rings. The van der Waals surface area contributed by atoms with Crippen LogP contribution in [0.15, 0.2) is 6.07 Å². The highest BCUT2D eigenvalue weighted by atomic mass is 35.5. The molecule has 56 valence electrons. The van der Waals surface area contributed by atoms with Crippen molar-refractivity contribution in [1.82, 2.24) is 0 Å². The van der Waals surface area contributed by atoms with Gasteiger partial charge < -0.3 is 0 Å². The van der Waals surface area contributed by atoms with Gasteiger partial charge >= 0.3 is 0 Å². The first kappa shape index (κ1) is 9.24. The normalized spacial score (nSPS) is 10.2. The van der Waals surface area contributed by atoms with Crippen LogP contribution in [0, 0.1) is 6.92 Å². The lowest BCUT2D eigenvalue weighted by molar-refractivity contribution is 1.51. The van der Waals surface area contributed by atoms with Crippen molar-refractivity contribution >= 4 is 48.1 Å². The summed E-state index contributed by atoms with van der Waals surface area (Å²) in [5, 5.41) is 1.18. The third-order valence-electron chi connectivity index (χ3n) is 1.45. The monoisotopic (exact) mass is 204 g/mol. The summed E-state index contributed by atoms with van der Waals surface area (Å²) >= 11 is 17.2. The van der Waals surface area contributed by atoms with Gasteiger partial charge in [-0.2, -0.15) is 0 Å². The van der Waals surface area contributed by atoms with Crippen LogP contribution in [0.1, 0.15) is 5.56 Å². The Morgan fingerprint density at radius 1 is 1.18 bits per heavy atom. The Labute approximate surface area is 81.9 Å². The number of hydrogen-bond donors (Lipinski definition) is 0. The summed E-state index contributed by atoms with van der Waals surface area (Å²) in [6.07, 6.45) is 0. The van der Waals surface area contributed by atoms with E-state index in [1.54, 1.807) is 13.0 Å². The van der Waals surface area contributed by atoms with Crippen molar-refractivity contribution in [2.75, 3.05) is 0 Å². The van der Waals surface area contributed by atoms with Crippen LogP contribution in [0.2, 0.25) is 15.1 Å². The molecule has 0 spiro atoms. The maximum Gasteiger partial charge on any atom is 0.114 e. The van der Waals surface area contributed by atoms with E-state index in [1.807, 2.05) is 0 Å². The lowest BCUT2D eigenvalue weighted by atomic mass is 9.91. The average Bonchev–Trinajstić information content (AvgIpc) is 1.97. The standard InChI is InChI=1S/C7H4BCl3/c1-3-4(8)2-5(9)7(11)6(3)10/h2H,1H3. The first-order chi connectivity index (χ1) is 5.04. The van der Waals surface area contributed by atoms with Crippen molar-refractivity contribution in [2.24, 2.45) is 0 Å². The number of rotatable bonds is 0. The second-order valence-electron chi connectivity index (χ2n) is 2.20. The topological polar surface area (TPSA) is 0 Å². The summed E-state index contributed by atoms with van der Waals surface area (Å²) in [6.45, 7) is 1.79. The van der Waals surface area contributed by atoms with Crippen LogP contribution < -0.4 is 5.46 Å². The van der Waals surface area contributed by atoms with Gasteiger partial charge in [-0.1, -0.05) is 40.3 Å². The summed E-state index contributed by atoms with van der Waals surface area (Å²) in [5.41, 5.74) is 1.32. The molecule has 0 aromatic heterocycles. The second-order valence-corrected chi connectivity index (χ2v) is 3.36. The van der Waals surface area contributed by atoms with E-state index >= 15 is 0 Å². The Bertz CT molecular complexity index is 270.